The van der Waals surface area contributed by atoms with E-state index in [9.17, 15) is 9.90 Å². The summed E-state index contributed by atoms with van der Waals surface area (Å²) in [5.74, 6) is -0.867. The Morgan fingerprint density at radius 1 is 1.04 bits per heavy atom. The predicted molar refractivity (Wildman–Crippen MR) is 93.2 cm³/mol. The van der Waals surface area contributed by atoms with Crippen molar-refractivity contribution in [3.05, 3.63) is 0 Å². The lowest BCUT2D eigenvalue weighted by Gasteiger charge is -2.47. The fourth-order valence-corrected chi connectivity index (χ4v) is 4.41. The van der Waals surface area contributed by atoms with E-state index in [1.54, 1.807) is 0 Å². The van der Waals surface area contributed by atoms with Crippen molar-refractivity contribution in [2.45, 2.75) is 104 Å². The molecule has 23 heavy (non-hydrogen) atoms. The van der Waals surface area contributed by atoms with Gasteiger partial charge < -0.3 is 14.8 Å². The van der Waals surface area contributed by atoms with Gasteiger partial charge in [-0.15, -0.1) is 0 Å². The minimum absolute atomic E-state index is 0.395. The van der Waals surface area contributed by atoms with Gasteiger partial charge in [0.1, 0.15) is 5.97 Å². The molecule has 1 fully saturated rings. The van der Waals surface area contributed by atoms with E-state index in [1.807, 2.05) is 0 Å². The number of quaternary nitrogens is 1. The maximum absolute atomic E-state index is 12.0. The number of rotatable bonds is 11. The second-order valence-corrected chi connectivity index (χ2v) is 7.14. The summed E-state index contributed by atoms with van der Waals surface area (Å²) in [6.45, 7) is 10.7. The summed E-state index contributed by atoms with van der Waals surface area (Å²) < 4.78 is 0. The molecular formula is C19H38N2O2. The fraction of sp³-hybridized carbons (Fsp3) is 0.947. The van der Waals surface area contributed by atoms with Crippen LogP contribution >= 0.6 is 0 Å². The van der Waals surface area contributed by atoms with E-state index in [-0.39, 0.29) is 0 Å². The molecule has 0 radical (unpaired) electrons. The summed E-state index contributed by atoms with van der Waals surface area (Å²) in [7, 11) is 0. The molecule has 136 valence electrons. The van der Waals surface area contributed by atoms with Crippen molar-refractivity contribution in [2.75, 3.05) is 13.1 Å². The first kappa shape index (κ1) is 20.4. The van der Waals surface area contributed by atoms with Crippen LogP contribution in [0.15, 0.2) is 0 Å². The highest BCUT2D eigenvalue weighted by atomic mass is 16.4. The summed E-state index contributed by atoms with van der Waals surface area (Å²) in [5, 5.41) is 12.0. The van der Waals surface area contributed by atoms with Gasteiger partial charge in [0.05, 0.1) is 12.6 Å². The van der Waals surface area contributed by atoms with Gasteiger partial charge in [-0.2, -0.15) is 0 Å². The molecule has 1 aliphatic rings. The second kappa shape index (κ2) is 11.0. The Labute approximate surface area is 143 Å². The molecule has 1 heterocycles. The molecule has 2 atom stereocenters. The van der Waals surface area contributed by atoms with Crippen LogP contribution in [0.3, 0.4) is 0 Å². The summed E-state index contributed by atoms with van der Waals surface area (Å²) in [6, 6.07) is 0.853. The molecule has 0 amide bonds. The number of hydrogen-bond acceptors (Lipinski definition) is 3. The Morgan fingerprint density at radius 3 is 2.00 bits per heavy atom. The average Bonchev–Trinajstić information content (AvgIpc) is 2.53. The van der Waals surface area contributed by atoms with Crippen LogP contribution in [0, 0.1) is 0 Å². The fourth-order valence-electron chi connectivity index (χ4n) is 4.41. The van der Waals surface area contributed by atoms with Crippen LogP contribution in [0.5, 0.6) is 0 Å². The topological polar surface area (TPSA) is 47.8 Å². The van der Waals surface area contributed by atoms with Gasteiger partial charge in [0.15, 0.2) is 6.17 Å². The number of carboxylic acids is 1. The van der Waals surface area contributed by atoms with Gasteiger partial charge in [-0.25, -0.2) is 4.90 Å². The van der Waals surface area contributed by atoms with Crippen LogP contribution in [0.4, 0.5) is 0 Å². The number of nitrogens with one attached hydrogen (secondary N) is 1. The third-order valence-electron chi connectivity index (χ3n) is 5.30. The van der Waals surface area contributed by atoms with E-state index in [0.29, 0.717) is 12.1 Å². The maximum Gasteiger partial charge on any atom is 0.185 e. The lowest BCUT2D eigenvalue weighted by molar-refractivity contribution is -0.961. The highest BCUT2D eigenvalue weighted by Gasteiger charge is 2.40. The Balaban J connectivity index is 2.99. The van der Waals surface area contributed by atoms with E-state index in [4.69, 9.17) is 0 Å². The monoisotopic (exact) mass is 326 g/mol. The van der Waals surface area contributed by atoms with Crippen molar-refractivity contribution < 1.29 is 14.8 Å². The van der Waals surface area contributed by atoms with Gasteiger partial charge in [-0.1, -0.05) is 53.4 Å². The summed E-state index contributed by atoms with van der Waals surface area (Å²) in [5.41, 5.74) is 0. The van der Waals surface area contributed by atoms with E-state index in [2.05, 4.69) is 32.6 Å². The van der Waals surface area contributed by atoms with Gasteiger partial charge in [-0.05, 0) is 25.7 Å². The molecule has 1 N–H and O–H groups in total. The Hall–Kier alpha value is -0.610. The standard InChI is InChI=1S/C19H38N2O2/c1-5-10-16(11-6-2)20-14-9-15-21(18(20)19(22)23)17(12-7-3)13-8-4/h16-18H,5-15H2,1-4H3,(H,22,23). The first-order valence-electron chi connectivity index (χ1n) is 9.92. The smallest absolute Gasteiger partial charge is 0.185 e. The zero-order chi connectivity index (χ0) is 17.2. The molecule has 0 aliphatic carbocycles. The summed E-state index contributed by atoms with van der Waals surface area (Å²) in [4.78, 5) is 15.6. The molecule has 0 aromatic rings. The SMILES string of the molecule is CCCC(CCC)N1CCC[NH+](C(CCC)CCC)C1C(=O)[O-]. The predicted octanol–water partition coefficient (Wildman–Crippen LogP) is 1.59. The van der Waals surface area contributed by atoms with Gasteiger partial charge in [0, 0.05) is 19.0 Å². The number of carbonyl (C=O) groups excluding carboxylic acids is 1. The minimum atomic E-state index is -0.867. The third kappa shape index (κ3) is 5.75. The lowest BCUT2D eigenvalue weighted by atomic mass is 9.98. The van der Waals surface area contributed by atoms with Crippen molar-refractivity contribution in [3.63, 3.8) is 0 Å². The third-order valence-corrected chi connectivity index (χ3v) is 5.30. The molecule has 4 nitrogen and oxygen atoms in total. The van der Waals surface area contributed by atoms with Crippen LogP contribution in [0.1, 0.15) is 85.5 Å². The normalized spacial score (nSPS) is 22.9. The molecule has 4 heteroatoms. The van der Waals surface area contributed by atoms with E-state index >= 15 is 0 Å². The van der Waals surface area contributed by atoms with Crippen molar-refractivity contribution in [3.8, 4) is 0 Å². The van der Waals surface area contributed by atoms with E-state index < -0.39 is 12.1 Å². The van der Waals surface area contributed by atoms with E-state index in [0.717, 1.165) is 70.9 Å². The van der Waals surface area contributed by atoms with Crippen LogP contribution in [-0.2, 0) is 4.79 Å². The zero-order valence-corrected chi connectivity index (χ0v) is 15.8. The maximum atomic E-state index is 12.0. The first-order chi connectivity index (χ1) is 11.1. The highest BCUT2D eigenvalue weighted by molar-refractivity contribution is 5.69. The molecule has 2 unspecified atom stereocenters. The Morgan fingerprint density at radius 2 is 1.57 bits per heavy atom. The molecule has 1 rings (SSSR count). The molecule has 0 aromatic heterocycles. The molecule has 0 spiro atoms. The molecule has 0 saturated carbocycles. The van der Waals surface area contributed by atoms with Crippen molar-refractivity contribution >= 4 is 5.97 Å². The summed E-state index contributed by atoms with van der Waals surface area (Å²) >= 11 is 0. The van der Waals surface area contributed by atoms with Crippen LogP contribution in [0.2, 0.25) is 0 Å². The van der Waals surface area contributed by atoms with Crippen LogP contribution in [0.25, 0.3) is 0 Å². The molecule has 1 aliphatic heterocycles. The summed E-state index contributed by atoms with van der Waals surface area (Å²) in [6.07, 6.45) is 9.56. The number of carbonyl (C=O) groups is 1. The van der Waals surface area contributed by atoms with Crippen LogP contribution in [-0.4, -0.2) is 42.2 Å². The highest BCUT2D eigenvalue weighted by Crippen LogP contribution is 2.18. The number of nitrogens with zero attached hydrogens (tertiary/aromatic N) is 1. The molecule has 1 saturated heterocycles. The lowest BCUT2D eigenvalue weighted by Crippen LogP contribution is -3.23. The largest absolute Gasteiger partial charge is 0.543 e. The first-order valence-corrected chi connectivity index (χ1v) is 9.92. The van der Waals surface area contributed by atoms with Gasteiger partial charge in [0.25, 0.3) is 0 Å². The van der Waals surface area contributed by atoms with Crippen LogP contribution < -0.4 is 10.0 Å². The quantitative estimate of drug-likeness (QED) is 0.627. The Bertz CT molecular complexity index is 299. The second-order valence-electron chi connectivity index (χ2n) is 7.14. The van der Waals surface area contributed by atoms with E-state index in [1.165, 1.54) is 4.90 Å². The molecule has 0 aromatic carbocycles. The molecule has 0 bridgehead atoms. The zero-order valence-electron chi connectivity index (χ0n) is 15.8. The molecular weight excluding hydrogens is 288 g/mol. The van der Waals surface area contributed by atoms with Gasteiger partial charge in [-0.3, -0.25) is 0 Å². The van der Waals surface area contributed by atoms with Crippen molar-refractivity contribution in [1.29, 1.82) is 0 Å². The number of carboxylic acid groups (broad SMARTS) is 1. The number of aliphatic carboxylic acids is 1. The van der Waals surface area contributed by atoms with Crippen molar-refractivity contribution in [1.82, 2.24) is 4.90 Å². The average molecular weight is 327 g/mol. The number of hydrogen-bond donors (Lipinski definition) is 1. The van der Waals surface area contributed by atoms with Gasteiger partial charge in [0.2, 0.25) is 0 Å². The van der Waals surface area contributed by atoms with Crippen molar-refractivity contribution in [2.24, 2.45) is 0 Å². The minimum Gasteiger partial charge on any atom is -0.543 e. The van der Waals surface area contributed by atoms with Gasteiger partial charge >= 0.3 is 0 Å². The Kier molecular flexibility index (Phi) is 9.80.